The molecule has 1 aromatic heterocycles. The van der Waals surface area contributed by atoms with Gasteiger partial charge in [0, 0.05) is 35.3 Å². The SMILES string of the molecule is O=S(=O)(c1ccc(Cl)cc1)N1CCCC(c2[nH]ncc2-c2ccccc2)C1. The summed E-state index contributed by atoms with van der Waals surface area (Å²) in [5.41, 5.74) is 3.11. The van der Waals surface area contributed by atoms with E-state index in [1.807, 2.05) is 36.5 Å². The van der Waals surface area contributed by atoms with Crippen LogP contribution in [0.5, 0.6) is 0 Å². The maximum absolute atomic E-state index is 13.0. The molecule has 7 heteroatoms. The molecule has 2 aromatic carbocycles. The van der Waals surface area contributed by atoms with Gasteiger partial charge in [0.15, 0.2) is 0 Å². The molecule has 1 aliphatic heterocycles. The zero-order chi connectivity index (χ0) is 18.9. The topological polar surface area (TPSA) is 66.1 Å². The van der Waals surface area contributed by atoms with Crippen molar-refractivity contribution in [3.05, 3.63) is 71.5 Å². The van der Waals surface area contributed by atoms with E-state index in [0.29, 0.717) is 18.1 Å². The standard InChI is InChI=1S/C20H20ClN3O2S/c21-17-8-10-18(11-9-17)27(25,26)24-12-4-7-16(14-24)20-19(13-22-23-20)15-5-2-1-3-6-15/h1-3,5-6,8-11,13,16H,4,7,12,14H2,(H,22,23). The average molecular weight is 402 g/mol. The molecule has 1 atom stereocenters. The first kappa shape index (κ1) is 18.2. The van der Waals surface area contributed by atoms with Gasteiger partial charge in [-0.05, 0) is 42.7 Å². The minimum absolute atomic E-state index is 0.0820. The summed E-state index contributed by atoms with van der Waals surface area (Å²) in [5.74, 6) is 0.0820. The van der Waals surface area contributed by atoms with Gasteiger partial charge in [-0.2, -0.15) is 9.40 Å². The number of halogens is 1. The number of aromatic nitrogens is 2. The van der Waals surface area contributed by atoms with Crippen molar-refractivity contribution < 1.29 is 8.42 Å². The fourth-order valence-electron chi connectivity index (χ4n) is 3.61. The van der Waals surface area contributed by atoms with Crippen molar-refractivity contribution in [2.75, 3.05) is 13.1 Å². The van der Waals surface area contributed by atoms with Gasteiger partial charge >= 0.3 is 0 Å². The van der Waals surface area contributed by atoms with E-state index in [0.717, 1.165) is 29.7 Å². The van der Waals surface area contributed by atoms with Gasteiger partial charge in [0.1, 0.15) is 0 Å². The minimum atomic E-state index is -3.54. The second-order valence-corrected chi connectivity index (χ2v) is 9.09. The predicted octanol–water partition coefficient (Wildman–Crippen LogP) is 4.30. The fraction of sp³-hybridized carbons (Fsp3) is 0.250. The molecule has 4 rings (SSSR count). The monoisotopic (exact) mass is 401 g/mol. The highest BCUT2D eigenvalue weighted by atomic mass is 35.5. The van der Waals surface area contributed by atoms with E-state index >= 15 is 0 Å². The van der Waals surface area contributed by atoms with Gasteiger partial charge in [-0.1, -0.05) is 41.9 Å². The normalized spacial score (nSPS) is 18.5. The van der Waals surface area contributed by atoms with Crippen molar-refractivity contribution >= 4 is 21.6 Å². The lowest BCUT2D eigenvalue weighted by molar-refractivity contribution is 0.313. The van der Waals surface area contributed by atoms with Crippen LogP contribution in [0.2, 0.25) is 5.02 Å². The number of benzene rings is 2. The van der Waals surface area contributed by atoms with Crippen LogP contribution in [0.1, 0.15) is 24.5 Å². The molecular formula is C20H20ClN3O2S. The Bertz CT molecular complexity index is 1020. The third-order valence-corrected chi connectivity index (χ3v) is 7.13. The molecule has 1 fully saturated rings. The highest BCUT2D eigenvalue weighted by Crippen LogP contribution is 2.34. The van der Waals surface area contributed by atoms with Crippen molar-refractivity contribution in [2.24, 2.45) is 0 Å². The number of nitrogens with zero attached hydrogens (tertiary/aromatic N) is 2. The minimum Gasteiger partial charge on any atom is -0.282 e. The fourth-order valence-corrected chi connectivity index (χ4v) is 5.26. The quantitative estimate of drug-likeness (QED) is 0.708. The van der Waals surface area contributed by atoms with Crippen LogP contribution in [0.15, 0.2) is 65.7 Å². The number of nitrogens with one attached hydrogen (secondary N) is 1. The van der Waals surface area contributed by atoms with Crippen LogP contribution >= 0.6 is 11.6 Å². The number of aromatic amines is 1. The van der Waals surface area contributed by atoms with E-state index in [9.17, 15) is 8.42 Å². The maximum Gasteiger partial charge on any atom is 0.243 e. The summed E-state index contributed by atoms with van der Waals surface area (Å²) in [5, 5.41) is 7.85. The van der Waals surface area contributed by atoms with E-state index in [4.69, 9.17) is 11.6 Å². The lowest BCUT2D eigenvalue weighted by Gasteiger charge is -2.32. The molecule has 2 heterocycles. The number of H-pyrrole nitrogens is 1. The van der Waals surface area contributed by atoms with Crippen molar-refractivity contribution in [1.29, 1.82) is 0 Å². The van der Waals surface area contributed by atoms with Crippen LogP contribution in [0.25, 0.3) is 11.1 Å². The van der Waals surface area contributed by atoms with Gasteiger partial charge in [0.25, 0.3) is 0 Å². The lowest BCUT2D eigenvalue weighted by Crippen LogP contribution is -2.39. The highest BCUT2D eigenvalue weighted by molar-refractivity contribution is 7.89. The zero-order valence-corrected chi connectivity index (χ0v) is 16.2. The Morgan fingerprint density at radius 2 is 1.81 bits per heavy atom. The molecule has 0 amide bonds. The second kappa shape index (κ2) is 7.46. The number of hydrogen-bond donors (Lipinski definition) is 1. The van der Waals surface area contributed by atoms with Crippen molar-refractivity contribution in [2.45, 2.75) is 23.7 Å². The Morgan fingerprint density at radius 1 is 1.07 bits per heavy atom. The van der Waals surface area contributed by atoms with Crippen LogP contribution in [0, 0.1) is 0 Å². The molecule has 0 bridgehead atoms. The Labute approximate surface area is 164 Å². The van der Waals surface area contributed by atoms with Gasteiger partial charge in [0.2, 0.25) is 10.0 Å². The Hall–Kier alpha value is -2.15. The van der Waals surface area contributed by atoms with Gasteiger partial charge in [-0.15, -0.1) is 0 Å². The maximum atomic E-state index is 13.0. The van der Waals surface area contributed by atoms with E-state index in [2.05, 4.69) is 10.2 Å². The Kier molecular flexibility index (Phi) is 5.04. The van der Waals surface area contributed by atoms with Crippen LogP contribution in [0.4, 0.5) is 0 Å². The van der Waals surface area contributed by atoms with E-state index in [1.165, 1.54) is 0 Å². The summed E-state index contributed by atoms with van der Waals surface area (Å²) in [6, 6.07) is 16.4. The van der Waals surface area contributed by atoms with Gasteiger partial charge in [0.05, 0.1) is 11.1 Å². The first-order valence-electron chi connectivity index (χ1n) is 8.90. The van der Waals surface area contributed by atoms with Gasteiger partial charge < -0.3 is 0 Å². The number of piperidine rings is 1. The summed E-state index contributed by atoms with van der Waals surface area (Å²) in [6.45, 7) is 0.962. The molecule has 0 saturated carbocycles. The predicted molar refractivity (Wildman–Crippen MR) is 106 cm³/mol. The van der Waals surface area contributed by atoms with Gasteiger partial charge in [-0.3, -0.25) is 5.10 Å². The zero-order valence-electron chi connectivity index (χ0n) is 14.7. The van der Waals surface area contributed by atoms with Crippen molar-refractivity contribution in [3.63, 3.8) is 0 Å². The second-order valence-electron chi connectivity index (χ2n) is 6.72. The van der Waals surface area contributed by atoms with Crippen LogP contribution in [-0.2, 0) is 10.0 Å². The number of hydrogen-bond acceptors (Lipinski definition) is 3. The van der Waals surface area contributed by atoms with E-state index in [1.54, 1.807) is 28.6 Å². The molecule has 0 aliphatic carbocycles. The first-order valence-corrected chi connectivity index (χ1v) is 10.7. The average Bonchev–Trinajstić information content (AvgIpc) is 3.19. The molecule has 3 aromatic rings. The smallest absolute Gasteiger partial charge is 0.243 e. The summed E-state index contributed by atoms with van der Waals surface area (Å²) in [7, 11) is -3.54. The van der Waals surface area contributed by atoms with Crippen molar-refractivity contribution in [1.82, 2.24) is 14.5 Å². The summed E-state index contributed by atoms with van der Waals surface area (Å²) >= 11 is 5.89. The lowest BCUT2D eigenvalue weighted by atomic mass is 9.91. The summed E-state index contributed by atoms with van der Waals surface area (Å²) in [6.07, 6.45) is 3.55. The molecule has 1 aliphatic rings. The Balaban J connectivity index is 1.61. The molecular weight excluding hydrogens is 382 g/mol. The first-order chi connectivity index (χ1) is 13.1. The molecule has 0 spiro atoms. The Morgan fingerprint density at radius 3 is 2.56 bits per heavy atom. The van der Waals surface area contributed by atoms with Crippen LogP contribution in [0.3, 0.4) is 0 Å². The molecule has 1 unspecified atom stereocenters. The third-order valence-electron chi connectivity index (χ3n) is 5.00. The molecule has 1 N–H and O–H groups in total. The largest absolute Gasteiger partial charge is 0.282 e. The molecule has 5 nitrogen and oxygen atoms in total. The third kappa shape index (κ3) is 3.65. The molecule has 140 valence electrons. The molecule has 1 saturated heterocycles. The highest BCUT2D eigenvalue weighted by Gasteiger charge is 2.32. The summed E-state index contributed by atoms with van der Waals surface area (Å²) < 4.78 is 27.6. The van der Waals surface area contributed by atoms with Crippen LogP contribution < -0.4 is 0 Å². The van der Waals surface area contributed by atoms with E-state index in [-0.39, 0.29) is 10.8 Å². The number of rotatable bonds is 4. The van der Waals surface area contributed by atoms with E-state index < -0.39 is 10.0 Å². The number of sulfonamides is 1. The molecule has 0 radical (unpaired) electrons. The van der Waals surface area contributed by atoms with Crippen molar-refractivity contribution in [3.8, 4) is 11.1 Å². The van der Waals surface area contributed by atoms with Gasteiger partial charge in [-0.25, -0.2) is 8.42 Å². The van der Waals surface area contributed by atoms with Crippen LogP contribution in [-0.4, -0.2) is 36.0 Å². The summed E-state index contributed by atoms with van der Waals surface area (Å²) in [4.78, 5) is 0.278. The molecule has 27 heavy (non-hydrogen) atoms.